The third-order valence-electron chi connectivity index (χ3n) is 4.80. The van der Waals surface area contributed by atoms with Crippen molar-refractivity contribution in [3.63, 3.8) is 0 Å². The summed E-state index contributed by atoms with van der Waals surface area (Å²) in [5, 5.41) is 14.0. The second kappa shape index (κ2) is 8.12. The molecule has 0 spiro atoms. The summed E-state index contributed by atoms with van der Waals surface area (Å²) in [6.07, 6.45) is 2.97. The van der Waals surface area contributed by atoms with Crippen LogP contribution in [-0.4, -0.2) is 41.5 Å². The van der Waals surface area contributed by atoms with Crippen molar-refractivity contribution in [2.75, 3.05) is 25.0 Å². The molecule has 1 heterocycles. The van der Waals surface area contributed by atoms with E-state index < -0.39 is 5.97 Å². The van der Waals surface area contributed by atoms with Crippen LogP contribution in [0.1, 0.15) is 25.7 Å². The van der Waals surface area contributed by atoms with Crippen molar-refractivity contribution in [2.24, 2.45) is 5.92 Å². The highest BCUT2D eigenvalue weighted by molar-refractivity contribution is 6.02. The topological polar surface area (TPSA) is 69.6 Å². The predicted octanol–water partition coefficient (Wildman–Crippen LogP) is 3.36. The van der Waals surface area contributed by atoms with Gasteiger partial charge in [0.25, 0.3) is 0 Å². The van der Waals surface area contributed by atoms with Crippen LogP contribution in [0.25, 0.3) is 10.8 Å². The summed E-state index contributed by atoms with van der Waals surface area (Å²) < 4.78 is 0. The lowest BCUT2D eigenvalue weighted by Crippen LogP contribution is -2.40. The van der Waals surface area contributed by atoms with Gasteiger partial charge in [-0.3, -0.25) is 14.5 Å². The van der Waals surface area contributed by atoms with E-state index in [-0.39, 0.29) is 12.3 Å². The zero-order valence-electron chi connectivity index (χ0n) is 14.3. The number of likely N-dealkylation sites (tertiary alicyclic amines) is 1. The molecule has 1 amide bonds. The van der Waals surface area contributed by atoms with Gasteiger partial charge >= 0.3 is 5.97 Å². The van der Waals surface area contributed by atoms with Gasteiger partial charge in [0, 0.05) is 24.0 Å². The van der Waals surface area contributed by atoms with E-state index in [9.17, 15) is 9.59 Å². The second-order valence-electron chi connectivity index (χ2n) is 6.75. The van der Waals surface area contributed by atoms with E-state index in [4.69, 9.17) is 5.11 Å². The molecule has 0 bridgehead atoms. The first kappa shape index (κ1) is 17.4. The van der Waals surface area contributed by atoms with Gasteiger partial charge in [-0.1, -0.05) is 36.4 Å². The molecule has 1 unspecified atom stereocenters. The summed E-state index contributed by atoms with van der Waals surface area (Å²) in [4.78, 5) is 25.3. The van der Waals surface area contributed by atoms with Crippen LogP contribution in [0.5, 0.6) is 0 Å². The smallest absolute Gasteiger partial charge is 0.303 e. The molecule has 1 aliphatic rings. The molecule has 1 atom stereocenters. The molecule has 2 aromatic rings. The fourth-order valence-corrected chi connectivity index (χ4v) is 3.59. The molecule has 0 aromatic heterocycles. The highest BCUT2D eigenvalue weighted by atomic mass is 16.4. The number of benzene rings is 2. The SMILES string of the molecule is O=C(O)CCC1CCCN(CC(=O)Nc2cccc3ccccc23)C1. The summed E-state index contributed by atoms with van der Waals surface area (Å²) in [5.74, 6) is -0.392. The van der Waals surface area contributed by atoms with Gasteiger partial charge in [0.15, 0.2) is 0 Å². The van der Waals surface area contributed by atoms with Crippen molar-refractivity contribution >= 4 is 28.3 Å². The van der Waals surface area contributed by atoms with Crippen molar-refractivity contribution in [1.82, 2.24) is 4.90 Å². The number of hydrogen-bond acceptors (Lipinski definition) is 3. The number of piperidine rings is 1. The molecular formula is C20H24N2O3. The fraction of sp³-hybridized carbons (Fsp3) is 0.400. The number of carboxylic acid groups (broad SMARTS) is 1. The van der Waals surface area contributed by atoms with Crippen molar-refractivity contribution in [3.05, 3.63) is 42.5 Å². The molecular weight excluding hydrogens is 316 g/mol. The number of aliphatic carboxylic acids is 1. The largest absolute Gasteiger partial charge is 0.481 e. The average molecular weight is 340 g/mol. The van der Waals surface area contributed by atoms with Gasteiger partial charge in [-0.05, 0) is 43.2 Å². The number of rotatable bonds is 6. The Labute approximate surface area is 147 Å². The third kappa shape index (κ3) is 4.79. The molecule has 1 fully saturated rings. The molecule has 1 saturated heterocycles. The summed E-state index contributed by atoms with van der Waals surface area (Å²) in [5.41, 5.74) is 0.836. The van der Waals surface area contributed by atoms with Crippen molar-refractivity contribution in [1.29, 1.82) is 0 Å². The molecule has 0 radical (unpaired) electrons. The van der Waals surface area contributed by atoms with Gasteiger partial charge in [0.2, 0.25) is 5.91 Å². The van der Waals surface area contributed by atoms with Crippen LogP contribution in [0.4, 0.5) is 5.69 Å². The Kier molecular flexibility index (Phi) is 5.66. The minimum atomic E-state index is -0.745. The lowest BCUT2D eigenvalue weighted by molar-refractivity contribution is -0.137. The fourth-order valence-electron chi connectivity index (χ4n) is 3.59. The predicted molar refractivity (Wildman–Crippen MR) is 98.6 cm³/mol. The Morgan fingerprint density at radius 3 is 2.80 bits per heavy atom. The molecule has 132 valence electrons. The van der Waals surface area contributed by atoms with E-state index in [0.29, 0.717) is 18.9 Å². The minimum Gasteiger partial charge on any atom is -0.481 e. The van der Waals surface area contributed by atoms with E-state index in [2.05, 4.69) is 10.2 Å². The number of carbonyl (C=O) groups excluding carboxylic acids is 1. The quantitative estimate of drug-likeness (QED) is 0.846. The van der Waals surface area contributed by atoms with Crippen LogP contribution in [0, 0.1) is 5.92 Å². The van der Waals surface area contributed by atoms with E-state index in [0.717, 1.165) is 42.4 Å². The highest BCUT2D eigenvalue weighted by Gasteiger charge is 2.22. The zero-order valence-corrected chi connectivity index (χ0v) is 14.3. The number of nitrogens with zero attached hydrogens (tertiary/aromatic N) is 1. The molecule has 1 aliphatic heterocycles. The second-order valence-corrected chi connectivity index (χ2v) is 6.75. The highest BCUT2D eigenvalue weighted by Crippen LogP contribution is 2.24. The monoisotopic (exact) mass is 340 g/mol. The Morgan fingerprint density at radius 2 is 1.96 bits per heavy atom. The Balaban J connectivity index is 1.57. The summed E-state index contributed by atoms with van der Waals surface area (Å²) in [7, 11) is 0. The standard InChI is InChI=1S/C20H24N2O3/c23-19(14-22-12-4-5-15(13-22)10-11-20(24)25)21-18-9-3-7-16-6-1-2-8-17(16)18/h1-3,6-9,15H,4-5,10-14H2,(H,21,23)(H,24,25). The Bertz CT molecular complexity index is 754. The molecule has 5 heteroatoms. The van der Waals surface area contributed by atoms with Crippen LogP contribution < -0.4 is 5.32 Å². The van der Waals surface area contributed by atoms with E-state index in [1.165, 1.54) is 0 Å². The van der Waals surface area contributed by atoms with Gasteiger partial charge < -0.3 is 10.4 Å². The molecule has 25 heavy (non-hydrogen) atoms. The first-order chi connectivity index (χ1) is 12.1. The summed E-state index contributed by atoms with van der Waals surface area (Å²) in [6, 6.07) is 13.9. The van der Waals surface area contributed by atoms with E-state index in [1.54, 1.807) is 0 Å². The lowest BCUT2D eigenvalue weighted by Gasteiger charge is -2.32. The lowest BCUT2D eigenvalue weighted by atomic mass is 9.93. The van der Waals surface area contributed by atoms with Crippen molar-refractivity contribution in [3.8, 4) is 0 Å². The number of fused-ring (bicyclic) bond motifs is 1. The number of carboxylic acids is 1. The number of nitrogens with one attached hydrogen (secondary N) is 1. The maximum atomic E-state index is 12.5. The molecule has 0 saturated carbocycles. The number of anilines is 1. The summed E-state index contributed by atoms with van der Waals surface area (Å²) >= 11 is 0. The molecule has 0 aliphatic carbocycles. The molecule has 2 aromatic carbocycles. The minimum absolute atomic E-state index is 0.0183. The molecule has 5 nitrogen and oxygen atoms in total. The molecule has 2 N–H and O–H groups in total. The van der Waals surface area contributed by atoms with E-state index >= 15 is 0 Å². The maximum absolute atomic E-state index is 12.5. The average Bonchev–Trinajstić information content (AvgIpc) is 2.60. The Hall–Kier alpha value is -2.40. The summed E-state index contributed by atoms with van der Waals surface area (Å²) in [6.45, 7) is 2.05. The van der Waals surface area contributed by atoms with Crippen LogP contribution in [-0.2, 0) is 9.59 Å². The van der Waals surface area contributed by atoms with Crippen molar-refractivity contribution < 1.29 is 14.7 Å². The maximum Gasteiger partial charge on any atom is 0.303 e. The van der Waals surface area contributed by atoms with Crippen LogP contribution in [0.2, 0.25) is 0 Å². The van der Waals surface area contributed by atoms with Crippen molar-refractivity contribution in [2.45, 2.75) is 25.7 Å². The van der Waals surface area contributed by atoms with Gasteiger partial charge in [0.1, 0.15) is 0 Å². The Morgan fingerprint density at radius 1 is 1.16 bits per heavy atom. The number of amides is 1. The first-order valence-electron chi connectivity index (χ1n) is 8.83. The zero-order chi connectivity index (χ0) is 17.6. The van der Waals surface area contributed by atoms with Crippen LogP contribution >= 0.6 is 0 Å². The first-order valence-corrected chi connectivity index (χ1v) is 8.83. The van der Waals surface area contributed by atoms with Gasteiger partial charge in [-0.15, -0.1) is 0 Å². The van der Waals surface area contributed by atoms with Gasteiger partial charge in [-0.25, -0.2) is 0 Å². The van der Waals surface area contributed by atoms with Crippen LogP contribution in [0.3, 0.4) is 0 Å². The number of carbonyl (C=O) groups is 2. The molecule has 3 rings (SSSR count). The van der Waals surface area contributed by atoms with E-state index in [1.807, 2.05) is 42.5 Å². The van der Waals surface area contributed by atoms with Gasteiger partial charge in [-0.2, -0.15) is 0 Å². The van der Waals surface area contributed by atoms with Gasteiger partial charge in [0.05, 0.1) is 6.54 Å². The van der Waals surface area contributed by atoms with Crippen LogP contribution in [0.15, 0.2) is 42.5 Å². The normalized spacial score (nSPS) is 18.2. The third-order valence-corrected chi connectivity index (χ3v) is 4.80. The number of hydrogen-bond donors (Lipinski definition) is 2.